The van der Waals surface area contributed by atoms with Gasteiger partial charge in [-0.15, -0.1) is 11.3 Å². The van der Waals surface area contributed by atoms with Crippen LogP contribution in [0.4, 0.5) is 0 Å². The standard InChI is InChI=1S/C16H24BrN3O2S/c1-11-9-18(2)8-7-12(11)20(4)15(21)10-19(3)16(22)13-5-6-14(17)23-13/h5-6,11-12H,7-10H2,1-4H3/t11-,12+/m0/s1. The van der Waals surface area contributed by atoms with Gasteiger partial charge in [-0.05, 0) is 54.0 Å². The molecule has 0 aromatic carbocycles. The molecule has 1 saturated heterocycles. The van der Waals surface area contributed by atoms with Crippen molar-refractivity contribution in [2.75, 3.05) is 40.8 Å². The highest BCUT2D eigenvalue weighted by atomic mass is 79.9. The number of halogens is 1. The molecule has 2 rings (SSSR count). The number of thiophene rings is 1. The van der Waals surface area contributed by atoms with E-state index < -0.39 is 0 Å². The van der Waals surface area contributed by atoms with Crippen molar-refractivity contribution in [1.82, 2.24) is 14.7 Å². The average Bonchev–Trinajstić information content (AvgIpc) is 2.92. The second-order valence-corrected chi connectivity index (χ2v) is 8.83. The van der Waals surface area contributed by atoms with E-state index in [4.69, 9.17) is 0 Å². The Hall–Kier alpha value is -0.920. The van der Waals surface area contributed by atoms with Gasteiger partial charge in [0.2, 0.25) is 5.91 Å². The summed E-state index contributed by atoms with van der Waals surface area (Å²) in [5.74, 6) is 0.328. The zero-order valence-corrected chi connectivity index (χ0v) is 16.5. The van der Waals surface area contributed by atoms with Gasteiger partial charge < -0.3 is 14.7 Å². The lowest BCUT2D eigenvalue weighted by atomic mass is 9.93. The predicted octanol–water partition coefficient (Wildman–Crippen LogP) is 2.38. The summed E-state index contributed by atoms with van der Waals surface area (Å²) in [4.78, 5) is 31.1. The van der Waals surface area contributed by atoms with E-state index >= 15 is 0 Å². The zero-order chi connectivity index (χ0) is 17.1. The first-order chi connectivity index (χ1) is 10.8. The van der Waals surface area contributed by atoms with E-state index in [0.717, 1.165) is 23.3 Å². The molecule has 1 fully saturated rings. The molecule has 5 nitrogen and oxygen atoms in total. The number of likely N-dealkylation sites (N-methyl/N-ethyl adjacent to an activating group) is 2. The molecule has 1 aliphatic rings. The molecule has 23 heavy (non-hydrogen) atoms. The van der Waals surface area contributed by atoms with Crippen molar-refractivity contribution in [2.45, 2.75) is 19.4 Å². The molecule has 2 atom stereocenters. The highest BCUT2D eigenvalue weighted by Crippen LogP contribution is 2.23. The van der Waals surface area contributed by atoms with Gasteiger partial charge in [-0.1, -0.05) is 6.92 Å². The van der Waals surface area contributed by atoms with E-state index in [-0.39, 0.29) is 24.4 Å². The highest BCUT2D eigenvalue weighted by Gasteiger charge is 2.30. The Morgan fingerprint density at radius 1 is 1.39 bits per heavy atom. The molecule has 0 unspecified atom stereocenters. The molecule has 0 N–H and O–H groups in total. The van der Waals surface area contributed by atoms with Crippen LogP contribution in [0.2, 0.25) is 0 Å². The third kappa shape index (κ3) is 4.55. The topological polar surface area (TPSA) is 43.9 Å². The van der Waals surface area contributed by atoms with Crippen LogP contribution in [0.15, 0.2) is 15.9 Å². The molecule has 1 aromatic rings. The predicted molar refractivity (Wildman–Crippen MR) is 96.8 cm³/mol. The monoisotopic (exact) mass is 401 g/mol. The summed E-state index contributed by atoms with van der Waals surface area (Å²) in [5, 5.41) is 0. The largest absolute Gasteiger partial charge is 0.341 e. The summed E-state index contributed by atoms with van der Waals surface area (Å²) in [5.41, 5.74) is 0. The molecule has 0 bridgehead atoms. The van der Waals surface area contributed by atoms with Crippen LogP contribution in [-0.2, 0) is 4.79 Å². The van der Waals surface area contributed by atoms with Gasteiger partial charge in [-0.2, -0.15) is 0 Å². The van der Waals surface area contributed by atoms with Crippen LogP contribution in [0.5, 0.6) is 0 Å². The first kappa shape index (κ1) is 18.4. The molecule has 0 aliphatic carbocycles. The molecule has 0 radical (unpaired) electrons. The lowest BCUT2D eigenvalue weighted by Gasteiger charge is -2.40. The normalized spacial score (nSPS) is 22.0. The summed E-state index contributed by atoms with van der Waals surface area (Å²) in [6, 6.07) is 3.87. The molecule has 7 heteroatoms. The van der Waals surface area contributed by atoms with Gasteiger partial charge in [0.25, 0.3) is 5.91 Å². The van der Waals surface area contributed by atoms with E-state index in [1.807, 2.05) is 18.0 Å². The van der Waals surface area contributed by atoms with Gasteiger partial charge in [0, 0.05) is 26.7 Å². The van der Waals surface area contributed by atoms with Gasteiger partial charge in [-0.25, -0.2) is 0 Å². The Morgan fingerprint density at radius 3 is 2.65 bits per heavy atom. The van der Waals surface area contributed by atoms with Crippen molar-refractivity contribution in [2.24, 2.45) is 5.92 Å². The van der Waals surface area contributed by atoms with Crippen molar-refractivity contribution in [3.63, 3.8) is 0 Å². The summed E-state index contributed by atoms with van der Waals surface area (Å²) in [6.45, 7) is 4.30. The highest BCUT2D eigenvalue weighted by molar-refractivity contribution is 9.11. The van der Waals surface area contributed by atoms with E-state index in [0.29, 0.717) is 10.8 Å². The van der Waals surface area contributed by atoms with Crippen molar-refractivity contribution in [1.29, 1.82) is 0 Å². The number of carbonyl (C=O) groups is 2. The van der Waals surface area contributed by atoms with E-state index in [1.165, 1.54) is 16.2 Å². The van der Waals surface area contributed by atoms with E-state index in [2.05, 4.69) is 34.8 Å². The summed E-state index contributed by atoms with van der Waals surface area (Å²) >= 11 is 4.74. The Labute approximate surface area is 150 Å². The van der Waals surface area contributed by atoms with E-state index in [1.54, 1.807) is 13.1 Å². The van der Waals surface area contributed by atoms with Crippen molar-refractivity contribution >= 4 is 39.1 Å². The first-order valence-electron chi connectivity index (χ1n) is 7.74. The fourth-order valence-corrected chi connectivity index (χ4v) is 4.49. The second-order valence-electron chi connectivity index (χ2n) is 6.37. The Morgan fingerprint density at radius 2 is 2.09 bits per heavy atom. The van der Waals surface area contributed by atoms with Crippen LogP contribution in [0.3, 0.4) is 0 Å². The number of carbonyl (C=O) groups excluding carboxylic acids is 2. The minimum atomic E-state index is -0.112. The minimum Gasteiger partial charge on any atom is -0.341 e. The molecule has 0 spiro atoms. The fourth-order valence-electron chi connectivity index (χ4n) is 3.11. The molecule has 128 valence electrons. The number of rotatable bonds is 4. The lowest BCUT2D eigenvalue weighted by Crippen LogP contribution is -2.51. The molecular weight excluding hydrogens is 378 g/mol. The second kappa shape index (κ2) is 7.77. The fraction of sp³-hybridized carbons (Fsp3) is 0.625. The average molecular weight is 402 g/mol. The van der Waals surface area contributed by atoms with Gasteiger partial charge in [0.15, 0.2) is 0 Å². The number of nitrogens with zero attached hydrogens (tertiary/aromatic N) is 3. The molecular formula is C16H24BrN3O2S. The Kier molecular flexibility index (Phi) is 6.22. The quantitative estimate of drug-likeness (QED) is 0.777. The smallest absolute Gasteiger partial charge is 0.264 e. The SMILES string of the molecule is C[C@H]1CN(C)CC[C@H]1N(C)C(=O)CN(C)C(=O)c1ccc(Br)s1. The first-order valence-corrected chi connectivity index (χ1v) is 9.35. The van der Waals surface area contributed by atoms with Crippen molar-refractivity contribution in [3.8, 4) is 0 Å². The Bertz CT molecular complexity index is 577. The van der Waals surface area contributed by atoms with Gasteiger partial charge >= 0.3 is 0 Å². The number of piperidine rings is 1. The van der Waals surface area contributed by atoms with E-state index in [9.17, 15) is 9.59 Å². The van der Waals surface area contributed by atoms with Crippen LogP contribution in [0.1, 0.15) is 23.0 Å². The van der Waals surface area contributed by atoms with Crippen LogP contribution in [-0.4, -0.2) is 73.3 Å². The summed E-state index contributed by atoms with van der Waals surface area (Å²) < 4.78 is 0.915. The third-order valence-corrected chi connectivity index (χ3v) is 6.07. The van der Waals surface area contributed by atoms with Gasteiger partial charge in [0.05, 0.1) is 15.2 Å². The molecule has 0 saturated carbocycles. The van der Waals surface area contributed by atoms with Crippen molar-refractivity contribution in [3.05, 3.63) is 20.8 Å². The number of amides is 2. The van der Waals surface area contributed by atoms with Crippen LogP contribution < -0.4 is 0 Å². The van der Waals surface area contributed by atoms with Gasteiger partial charge in [-0.3, -0.25) is 9.59 Å². The maximum Gasteiger partial charge on any atom is 0.264 e. The van der Waals surface area contributed by atoms with Crippen LogP contribution in [0, 0.1) is 5.92 Å². The Balaban J connectivity index is 1.93. The maximum atomic E-state index is 12.5. The summed E-state index contributed by atoms with van der Waals surface area (Å²) in [6.07, 6.45) is 0.982. The number of hydrogen-bond donors (Lipinski definition) is 0. The summed E-state index contributed by atoms with van der Waals surface area (Å²) in [7, 11) is 5.65. The molecule has 2 heterocycles. The third-order valence-electron chi connectivity index (χ3n) is 4.46. The zero-order valence-electron chi connectivity index (χ0n) is 14.1. The maximum absolute atomic E-state index is 12.5. The van der Waals surface area contributed by atoms with Crippen molar-refractivity contribution < 1.29 is 9.59 Å². The minimum absolute atomic E-state index is 0.00197. The molecule has 2 amide bonds. The van der Waals surface area contributed by atoms with Gasteiger partial charge in [0.1, 0.15) is 0 Å². The van der Waals surface area contributed by atoms with Crippen LogP contribution >= 0.6 is 27.3 Å². The molecule has 1 aliphatic heterocycles. The number of hydrogen-bond acceptors (Lipinski definition) is 4. The molecule has 1 aromatic heterocycles. The van der Waals surface area contributed by atoms with Crippen LogP contribution in [0.25, 0.3) is 0 Å². The number of likely N-dealkylation sites (tertiary alicyclic amines) is 1. The lowest BCUT2D eigenvalue weighted by molar-refractivity contribution is -0.134.